The number of hydrogen-bond donors (Lipinski definition) is 1. The van der Waals surface area contributed by atoms with Crippen LogP contribution in [-0.4, -0.2) is 50.4 Å². The largest absolute Gasteiger partial charge is 0.502 e. The van der Waals surface area contributed by atoms with E-state index in [4.69, 9.17) is 18.6 Å². The molecule has 1 N–H and O–H groups in total. The third-order valence-electron chi connectivity index (χ3n) is 5.56. The number of esters is 1. The van der Waals surface area contributed by atoms with Crippen molar-refractivity contribution < 1.29 is 28.5 Å². The molecular formula is C23H29NO7. The van der Waals surface area contributed by atoms with Gasteiger partial charge in [-0.3, -0.25) is 14.5 Å². The second kappa shape index (κ2) is 10.3. The maximum absolute atomic E-state index is 12.6. The molecule has 31 heavy (non-hydrogen) atoms. The van der Waals surface area contributed by atoms with Gasteiger partial charge in [0.25, 0.3) is 0 Å². The molecule has 0 spiro atoms. The van der Waals surface area contributed by atoms with Gasteiger partial charge in [-0.2, -0.15) is 0 Å². The minimum Gasteiger partial charge on any atom is -0.502 e. The maximum Gasteiger partial charge on any atom is 0.306 e. The zero-order chi connectivity index (χ0) is 22.4. The number of ether oxygens (including phenoxy) is 3. The minimum absolute atomic E-state index is 0.0216. The van der Waals surface area contributed by atoms with Crippen LogP contribution in [0.1, 0.15) is 48.7 Å². The van der Waals surface area contributed by atoms with Crippen LogP contribution in [0, 0.1) is 0 Å². The summed E-state index contributed by atoms with van der Waals surface area (Å²) in [5.74, 6) is -0.322. The number of likely N-dealkylation sites (tertiary alicyclic amines) is 1. The number of rotatable bonds is 8. The number of nitrogens with zero attached hydrogens (tertiary/aromatic N) is 1. The summed E-state index contributed by atoms with van der Waals surface area (Å²) in [4.78, 5) is 27.0. The fraction of sp³-hybridized carbons (Fsp3) is 0.478. The second-order valence-electron chi connectivity index (χ2n) is 7.57. The fourth-order valence-electron chi connectivity index (χ4n) is 3.91. The lowest BCUT2D eigenvalue weighted by molar-refractivity contribution is -0.140. The molecule has 1 fully saturated rings. The lowest BCUT2D eigenvalue weighted by Gasteiger charge is -2.26. The van der Waals surface area contributed by atoms with E-state index in [2.05, 4.69) is 4.90 Å². The van der Waals surface area contributed by atoms with Gasteiger partial charge >= 0.3 is 5.97 Å². The summed E-state index contributed by atoms with van der Waals surface area (Å²) in [6.45, 7) is 2.32. The Balaban J connectivity index is 2.06. The quantitative estimate of drug-likeness (QED) is 0.637. The molecule has 0 aliphatic carbocycles. The number of methoxy groups -OCH3 is 3. The van der Waals surface area contributed by atoms with E-state index in [1.807, 2.05) is 0 Å². The molecule has 1 unspecified atom stereocenters. The van der Waals surface area contributed by atoms with Gasteiger partial charge in [0.05, 0.1) is 40.2 Å². The summed E-state index contributed by atoms with van der Waals surface area (Å²) >= 11 is 0. The molecule has 2 aromatic rings. The van der Waals surface area contributed by atoms with Gasteiger partial charge in [0, 0.05) is 17.7 Å². The first-order chi connectivity index (χ1) is 15.0. The summed E-state index contributed by atoms with van der Waals surface area (Å²) in [5.41, 5.74) is 0.0258. The van der Waals surface area contributed by atoms with Crippen LogP contribution in [0.2, 0.25) is 0 Å². The van der Waals surface area contributed by atoms with Crippen molar-refractivity contribution in [2.45, 2.75) is 38.1 Å². The van der Waals surface area contributed by atoms with Crippen molar-refractivity contribution >= 4 is 5.97 Å². The lowest BCUT2D eigenvalue weighted by atomic mass is 9.91. The normalized spacial score (nSPS) is 15.3. The van der Waals surface area contributed by atoms with Crippen molar-refractivity contribution in [3.05, 3.63) is 51.6 Å². The second-order valence-corrected chi connectivity index (χ2v) is 7.57. The van der Waals surface area contributed by atoms with E-state index in [1.54, 1.807) is 18.2 Å². The Hall–Kier alpha value is -3.00. The molecule has 8 heteroatoms. The molecule has 0 amide bonds. The molecule has 0 bridgehead atoms. The van der Waals surface area contributed by atoms with E-state index in [0.29, 0.717) is 29.4 Å². The summed E-state index contributed by atoms with van der Waals surface area (Å²) < 4.78 is 21.6. The van der Waals surface area contributed by atoms with E-state index >= 15 is 0 Å². The van der Waals surface area contributed by atoms with Crippen LogP contribution in [0.4, 0.5) is 0 Å². The molecule has 1 aromatic carbocycles. The molecule has 1 aromatic heterocycles. The van der Waals surface area contributed by atoms with Crippen LogP contribution in [0.15, 0.2) is 33.5 Å². The zero-order valence-electron chi connectivity index (χ0n) is 18.2. The van der Waals surface area contributed by atoms with Crippen LogP contribution < -0.4 is 14.9 Å². The number of piperidine rings is 1. The highest BCUT2D eigenvalue weighted by atomic mass is 16.5. The van der Waals surface area contributed by atoms with Crippen LogP contribution in [0.25, 0.3) is 0 Å². The molecule has 1 aliphatic rings. The summed E-state index contributed by atoms with van der Waals surface area (Å²) in [6, 6.07) is 6.43. The number of benzene rings is 1. The molecule has 1 saturated heterocycles. The standard InChI is InChI=1S/C23H29NO7/c1-28-15-7-8-17(20(12-15)29-2)18(13-21(26)30-3)23-22(27)19(25)11-16(31-23)14-24-9-5-4-6-10-24/h7-8,11-12,18,27H,4-6,9-10,13-14H2,1-3H3. The molecule has 2 heterocycles. The maximum atomic E-state index is 12.6. The van der Waals surface area contributed by atoms with Gasteiger partial charge in [-0.05, 0) is 32.0 Å². The topological polar surface area (TPSA) is 98.4 Å². The first-order valence-corrected chi connectivity index (χ1v) is 10.3. The Labute approximate surface area is 181 Å². The molecule has 0 saturated carbocycles. The van der Waals surface area contributed by atoms with E-state index in [0.717, 1.165) is 25.9 Å². The third-order valence-corrected chi connectivity index (χ3v) is 5.56. The first kappa shape index (κ1) is 22.7. The number of carbonyl (C=O) groups is 1. The summed E-state index contributed by atoms with van der Waals surface area (Å²) in [6.07, 6.45) is 3.26. The van der Waals surface area contributed by atoms with Gasteiger partial charge in [0.15, 0.2) is 5.76 Å². The van der Waals surface area contributed by atoms with Crippen molar-refractivity contribution in [1.29, 1.82) is 0 Å². The molecule has 1 aliphatic heterocycles. The smallest absolute Gasteiger partial charge is 0.306 e. The Morgan fingerprint density at radius 3 is 2.52 bits per heavy atom. The Kier molecular flexibility index (Phi) is 7.57. The van der Waals surface area contributed by atoms with Crippen molar-refractivity contribution in [2.24, 2.45) is 0 Å². The molecule has 0 radical (unpaired) electrons. The van der Waals surface area contributed by atoms with Crippen molar-refractivity contribution in [3.8, 4) is 17.2 Å². The van der Waals surface area contributed by atoms with Crippen LogP contribution in [0.5, 0.6) is 17.2 Å². The lowest BCUT2D eigenvalue weighted by Crippen LogP contribution is -2.29. The number of carbonyl (C=O) groups excluding carboxylic acids is 1. The number of hydrogen-bond acceptors (Lipinski definition) is 8. The Morgan fingerprint density at radius 2 is 1.87 bits per heavy atom. The van der Waals surface area contributed by atoms with E-state index in [1.165, 1.54) is 33.8 Å². The van der Waals surface area contributed by atoms with Gasteiger partial charge < -0.3 is 23.7 Å². The Morgan fingerprint density at radius 1 is 1.13 bits per heavy atom. The fourth-order valence-corrected chi connectivity index (χ4v) is 3.91. The average molecular weight is 431 g/mol. The highest BCUT2D eigenvalue weighted by molar-refractivity contribution is 5.71. The monoisotopic (exact) mass is 431 g/mol. The summed E-state index contributed by atoms with van der Waals surface area (Å²) in [5, 5.41) is 10.6. The predicted molar refractivity (Wildman–Crippen MR) is 114 cm³/mol. The Bertz CT molecular complexity index is 963. The molecule has 8 nitrogen and oxygen atoms in total. The van der Waals surface area contributed by atoms with Crippen LogP contribution in [0.3, 0.4) is 0 Å². The minimum atomic E-state index is -0.776. The molecule has 1 atom stereocenters. The zero-order valence-corrected chi connectivity index (χ0v) is 18.2. The van der Waals surface area contributed by atoms with Crippen molar-refractivity contribution in [2.75, 3.05) is 34.4 Å². The summed E-state index contributed by atoms with van der Waals surface area (Å²) in [7, 11) is 4.32. The molecular weight excluding hydrogens is 402 g/mol. The van der Waals surface area contributed by atoms with E-state index in [9.17, 15) is 14.7 Å². The highest BCUT2D eigenvalue weighted by Crippen LogP contribution is 2.39. The van der Waals surface area contributed by atoms with Gasteiger partial charge in [-0.1, -0.05) is 12.5 Å². The first-order valence-electron chi connectivity index (χ1n) is 10.3. The molecule has 168 valence electrons. The van der Waals surface area contributed by atoms with Gasteiger partial charge in [0.2, 0.25) is 11.2 Å². The van der Waals surface area contributed by atoms with Crippen molar-refractivity contribution in [3.63, 3.8) is 0 Å². The number of aromatic hydroxyl groups is 1. The average Bonchev–Trinajstić information content (AvgIpc) is 2.80. The van der Waals surface area contributed by atoms with E-state index in [-0.39, 0.29) is 12.2 Å². The SMILES string of the molecule is COC(=O)CC(c1ccc(OC)cc1OC)c1oc(CN2CCCCC2)cc(=O)c1O. The van der Waals surface area contributed by atoms with Gasteiger partial charge in [-0.15, -0.1) is 0 Å². The van der Waals surface area contributed by atoms with Crippen molar-refractivity contribution in [1.82, 2.24) is 4.90 Å². The highest BCUT2D eigenvalue weighted by Gasteiger charge is 2.29. The van der Waals surface area contributed by atoms with Gasteiger partial charge in [0.1, 0.15) is 17.3 Å². The van der Waals surface area contributed by atoms with E-state index < -0.39 is 23.1 Å². The third kappa shape index (κ3) is 5.38. The van der Waals surface area contributed by atoms with Crippen LogP contribution >= 0.6 is 0 Å². The van der Waals surface area contributed by atoms with Gasteiger partial charge in [-0.25, -0.2) is 0 Å². The molecule has 3 rings (SSSR count). The van der Waals surface area contributed by atoms with Crippen LogP contribution in [-0.2, 0) is 16.1 Å². The predicted octanol–water partition coefficient (Wildman–Crippen LogP) is 3.04.